The van der Waals surface area contributed by atoms with Crippen LogP contribution in [0, 0.1) is 5.92 Å². The number of phenols is 1. The number of methoxy groups -OCH3 is 1. The lowest BCUT2D eigenvalue weighted by Crippen LogP contribution is -2.57. The van der Waals surface area contributed by atoms with E-state index in [1.54, 1.807) is 25.3 Å². The van der Waals surface area contributed by atoms with Gasteiger partial charge in [0.25, 0.3) is 5.91 Å². The van der Waals surface area contributed by atoms with Crippen molar-refractivity contribution in [2.24, 2.45) is 5.92 Å². The number of nitrogens with zero attached hydrogens (tertiary/aromatic N) is 2. The van der Waals surface area contributed by atoms with Crippen LogP contribution in [0.4, 0.5) is 4.79 Å². The number of amides is 3. The molecular formula is C24H28ClN3O4. The third kappa shape index (κ3) is 4.27. The summed E-state index contributed by atoms with van der Waals surface area (Å²) in [6.45, 7) is 2.09. The van der Waals surface area contributed by atoms with Crippen LogP contribution in [0.1, 0.15) is 24.0 Å². The zero-order valence-electron chi connectivity index (χ0n) is 18.3. The van der Waals surface area contributed by atoms with E-state index < -0.39 is 5.54 Å². The Kier molecular flexibility index (Phi) is 6.31. The molecule has 32 heavy (non-hydrogen) atoms. The lowest BCUT2D eigenvalue weighted by atomic mass is 9.74. The van der Waals surface area contributed by atoms with Gasteiger partial charge >= 0.3 is 6.03 Å². The quantitative estimate of drug-likeness (QED) is 0.649. The third-order valence-electron chi connectivity index (χ3n) is 6.66. The summed E-state index contributed by atoms with van der Waals surface area (Å²) in [6, 6.07) is 12.3. The Bertz CT molecular complexity index is 1020. The zero-order chi connectivity index (χ0) is 22.9. The van der Waals surface area contributed by atoms with Gasteiger partial charge in [0.05, 0.1) is 7.11 Å². The molecular weight excluding hydrogens is 430 g/mol. The maximum atomic E-state index is 13.3. The van der Waals surface area contributed by atoms with Gasteiger partial charge in [-0.3, -0.25) is 14.6 Å². The number of imide groups is 1. The summed E-state index contributed by atoms with van der Waals surface area (Å²) in [5.74, 6) is 0.764. The van der Waals surface area contributed by atoms with Gasteiger partial charge in [0, 0.05) is 30.6 Å². The minimum absolute atomic E-state index is 0.000640. The number of carbonyl (C=O) groups excluding carboxylic acids is 2. The molecule has 0 radical (unpaired) electrons. The molecule has 0 saturated carbocycles. The number of hydrogen-bond acceptors (Lipinski definition) is 5. The summed E-state index contributed by atoms with van der Waals surface area (Å²) < 4.78 is 5.34. The largest absolute Gasteiger partial charge is 0.508 e. The van der Waals surface area contributed by atoms with Gasteiger partial charge in [-0.25, -0.2) is 4.79 Å². The van der Waals surface area contributed by atoms with E-state index in [1.165, 1.54) is 11.9 Å². The fourth-order valence-electron chi connectivity index (χ4n) is 4.87. The molecule has 1 atom stereocenters. The molecule has 1 unspecified atom stereocenters. The average molecular weight is 458 g/mol. The van der Waals surface area contributed by atoms with E-state index in [-0.39, 0.29) is 23.6 Å². The summed E-state index contributed by atoms with van der Waals surface area (Å²) in [5.41, 5.74) is 0.759. The fourth-order valence-corrected chi connectivity index (χ4v) is 5.07. The van der Waals surface area contributed by atoms with Crippen molar-refractivity contribution in [1.29, 1.82) is 0 Å². The molecule has 0 bridgehead atoms. The second kappa shape index (κ2) is 9.00. The molecule has 4 rings (SSSR count). The lowest BCUT2D eigenvalue weighted by Gasteiger charge is -2.41. The molecule has 2 N–H and O–H groups in total. The molecule has 8 heteroatoms. The minimum atomic E-state index is -0.970. The SMILES string of the molecule is COc1cccc(CC2(C3CCN(Cc4cc(Cl)ccc4O)CC3)NC(=O)N(C)C2=O)c1. The number of hydrogen-bond donors (Lipinski definition) is 2. The maximum absolute atomic E-state index is 13.3. The van der Waals surface area contributed by atoms with Crippen molar-refractivity contribution < 1.29 is 19.4 Å². The zero-order valence-corrected chi connectivity index (χ0v) is 19.1. The van der Waals surface area contributed by atoms with Crippen molar-refractivity contribution >= 4 is 23.5 Å². The van der Waals surface area contributed by atoms with Gasteiger partial charge in [0.1, 0.15) is 17.0 Å². The van der Waals surface area contributed by atoms with Crippen LogP contribution in [-0.4, -0.2) is 59.6 Å². The highest BCUT2D eigenvalue weighted by Crippen LogP contribution is 2.37. The summed E-state index contributed by atoms with van der Waals surface area (Å²) in [7, 11) is 3.14. The van der Waals surface area contributed by atoms with E-state index in [0.29, 0.717) is 18.0 Å². The van der Waals surface area contributed by atoms with Gasteiger partial charge in [-0.2, -0.15) is 0 Å². The van der Waals surface area contributed by atoms with E-state index in [2.05, 4.69) is 10.2 Å². The first-order chi connectivity index (χ1) is 15.3. The molecule has 2 heterocycles. The van der Waals surface area contributed by atoms with Crippen LogP contribution in [0.2, 0.25) is 5.02 Å². The standard InChI is InChI=1S/C24H28ClN3O4/c1-27-22(30)24(26-23(27)31,14-16-4-3-5-20(12-16)32-2)18-8-10-28(11-9-18)15-17-13-19(25)6-7-21(17)29/h3-7,12-13,18,29H,8-11,14-15H2,1-2H3,(H,26,31). The Hall–Kier alpha value is -2.77. The first kappa shape index (κ1) is 22.4. The highest BCUT2D eigenvalue weighted by Gasteiger charge is 2.54. The number of ether oxygens (including phenoxy) is 1. The van der Waals surface area contributed by atoms with Crippen molar-refractivity contribution in [3.05, 3.63) is 58.6 Å². The Balaban J connectivity index is 1.52. The first-order valence-electron chi connectivity index (χ1n) is 10.8. The van der Waals surface area contributed by atoms with E-state index in [0.717, 1.165) is 42.8 Å². The predicted molar refractivity (Wildman–Crippen MR) is 122 cm³/mol. The number of likely N-dealkylation sites (tertiary alicyclic amines) is 1. The molecule has 2 aliphatic rings. The normalized spacial score (nSPS) is 22.3. The smallest absolute Gasteiger partial charge is 0.324 e. The number of halogens is 1. The van der Waals surface area contributed by atoms with Crippen LogP contribution in [0.15, 0.2) is 42.5 Å². The van der Waals surface area contributed by atoms with E-state index in [1.807, 2.05) is 24.3 Å². The third-order valence-corrected chi connectivity index (χ3v) is 6.89. The Morgan fingerprint density at radius 3 is 2.59 bits per heavy atom. The average Bonchev–Trinajstić information content (AvgIpc) is 3.01. The number of urea groups is 1. The van der Waals surface area contributed by atoms with Crippen LogP contribution in [0.5, 0.6) is 11.5 Å². The molecule has 2 saturated heterocycles. The summed E-state index contributed by atoms with van der Waals surface area (Å²) in [5, 5.41) is 13.8. The molecule has 0 spiro atoms. The molecule has 2 aromatic carbocycles. The van der Waals surface area contributed by atoms with E-state index in [9.17, 15) is 14.7 Å². The first-order valence-corrected chi connectivity index (χ1v) is 11.1. The van der Waals surface area contributed by atoms with Crippen LogP contribution in [0.25, 0.3) is 0 Å². The van der Waals surface area contributed by atoms with Crippen molar-refractivity contribution in [2.75, 3.05) is 27.2 Å². The highest BCUT2D eigenvalue weighted by atomic mass is 35.5. The molecule has 7 nitrogen and oxygen atoms in total. The van der Waals surface area contributed by atoms with Crippen LogP contribution in [0.3, 0.4) is 0 Å². The number of nitrogens with one attached hydrogen (secondary N) is 1. The second-order valence-electron chi connectivity index (χ2n) is 8.62. The monoisotopic (exact) mass is 457 g/mol. The maximum Gasteiger partial charge on any atom is 0.324 e. The van der Waals surface area contributed by atoms with Gasteiger partial charge in [-0.1, -0.05) is 23.7 Å². The number of aromatic hydroxyl groups is 1. The number of likely N-dealkylation sites (N-methyl/N-ethyl adjacent to an activating group) is 1. The summed E-state index contributed by atoms with van der Waals surface area (Å²) in [6.07, 6.45) is 1.93. The van der Waals surface area contributed by atoms with Crippen LogP contribution in [-0.2, 0) is 17.8 Å². The topological polar surface area (TPSA) is 82.1 Å². The molecule has 0 aliphatic carbocycles. The van der Waals surface area contributed by atoms with Gasteiger partial charge in [0.15, 0.2) is 0 Å². The minimum Gasteiger partial charge on any atom is -0.508 e. The van der Waals surface area contributed by atoms with Crippen molar-refractivity contribution in [2.45, 2.75) is 31.3 Å². The predicted octanol–water partition coefficient (Wildman–Crippen LogP) is 3.43. The molecule has 2 aliphatic heterocycles. The van der Waals surface area contributed by atoms with Gasteiger partial charge < -0.3 is 15.2 Å². The second-order valence-corrected chi connectivity index (χ2v) is 9.05. The van der Waals surface area contributed by atoms with Crippen LogP contribution >= 0.6 is 11.6 Å². The molecule has 170 valence electrons. The number of rotatable bonds is 6. The molecule has 2 aromatic rings. The number of phenolic OH excluding ortho intramolecular Hbond substituents is 1. The Labute approximate surface area is 192 Å². The summed E-state index contributed by atoms with van der Waals surface area (Å²) >= 11 is 6.08. The molecule has 0 aromatic heterocycles. The van der Waals surface area contributed by atoms with Crippen molar-refractivity contribution in [3.8, 4) is 11.5 Å². The summed E-state index contributed by atoms with van der Waals surface area (Å²) in [4.78, 5) is 29.2. The van der Waals surface area contributed by atoms with Crippen molar-refractivity contribution in [3.63, 3.8) is 0 Å². The molecule has 2 fully saturated rings. The van der Waals surface area contributed by atoms with E-state index >= 15 is 0 Å². The van der Waals surface area contributed by atoms with Gasteiger partial charge in [-0.15, -0.1) is 0 Å². The Morgan fingerprint density at radius 2 is 1.94 bits per heavy atom. The van der Waals surface area contributed by atoms with Gasteiger partial charge in [0.2, 0.25) is 0 Å². The van der Waals surface area contributed by atoms with Crippen LogP contribution < -0.4 is 10.1 Å². The number of benzene rings is 2. The fraction of sp³-hybridized carbons (Fsp3) is 0.417. The number of carbonyl (C=O) groups is 2. The Morgan fingerprint density at radius 1 is 1.19 bits per heavy atom. The highest BCUT2D eigenvalue weighted by molar-refractivity contribution is 6.30. The lowest BCUT2D eigenvalue weighted by molar-refractivity contribution is -0.133. The van der Waals surface area contributed by atoms with Crippen molar-refractivity contribution in [1.82, 2.24) is 15.1 Å². The number of piperidine rings is 1. The molecule has 3 amide bonds. The van der Waals surface area contributed by atoms with Gasteiger partial charge in [-0.05, 0) is 67.7 Å². The van der Waals surface area contributed by atoms with E-state index in [4.69, 9.17) is 16.3 Å².